The zero-order valence-corrected chi connectivity index (χ0v) is 18.7. The molecule has 0 heterocycles. The molecule has 0 spiro atoms. The van der Waals surface area contributed by atoms with Crippen molar-refractivity contribution in [2.45, 2.75) is 57.7 Å². The first-order chi connectivity index (χ1) is 13.0. The predicted molar refractivity (Wildman–Crippen MR) is 116 cm³/mol. The van der Waals surface area contributed by atoms with Crippen LogP contribution in [0, 0.1) is 0 Å². The monoisotopic (exact) mass is 435 g/mol. The van der Waals surface area contributed by atoms with Crippen molar-refractivity contribution in [3.63, 3.8) is 0 Å². The van der Waals surface area contributed by atoms with Gasteiger partial charge in [-0.2, -0.15) is 0 Å². The number of hydrogen-bond acceptors (Lipinski definition) is 2. The number of amides is 1. The fourth-order valence-electron chi connectivity index (χ4n) is 2.75. The SMILES string of the molecule is C=CCCC/C=C(\C)CCC(=O)C([Se]c1ccccc1)C(=O)N(CC)CC. The minimum atomic E-state index is -0.520. The molecule has 1 rings (SSSR count). The molecule has 0 aromatic heterocycles. The number of carbonyl (C=O) groups excluding carboxylic acids is 2. The molecule has 1 aromatic carbocycles. The van der Waals surface area contributed by atoms with E-state index < -0.39 is 4.82 Å². The van der Waals surface area contributed by atoms with Crippen LogP contribution in [0.3, 0.4) is 0 Å². The molecule has 0 N–H and O–H groups in total. The summed E-state index contributed by atoms with van der Waals surface area (Å²) in [6.45, 7) is 11.0. The zero-order valence-electron chi connectivity index (χ0n) is 16.9. The Labute approximate surface area is 171 Å². The van der Waals surface area contributed by atoms with Crippen LogP contribution in [0.5, 0.6) is 0 Å². The molecule has 0 bridgehead atoms. The number of benzene rings is 1. The quantitative estimate of drug-likeness (QED) is 0.201. The summed E-state index contributed by atoms with van der Waals surface area (Å²) in [5.74, 6) is 0.0658. The average molecular weight is 434 g/mol. The van der Waals surface area contributed by atoms with E-state index in [0.717, 1.165) is 30.1 Å². The zero-order chi connectivity index (χ0) is 20.1. The van der Waals surface area contributed by atoms with Crippen LogP contribution in [0.25, 0.3) is 0 Å². The Kier molecular flexibility index (Phi) is 11.7. The van der Waals surface area contributed by atoms with Crippen LogP contribution in [0.1, 0.15) is 52.9 Å². The summed E-state index contributed by atoms with van der Waals surface area (Å²) in [5, 5.41) is 0. The average Bonchev–Trinajstić information content (AvgIpc) is 2.69. The number of carbonyl (C=O) groups is 2. The van der Waals surface area contributed by atoms with E-state index in [-0.39, 0.29) is 26.6 Å². The van der Waals surface area contributed by atoms with Gasteiger partial charge in [-0.05, 0) is 0 Å². The Morgan fingerprint density at radius 3 is 2.37 bits per heavy atom. The van der Waals surface area contributed by atoms with E-state index in [2.05, 4.69) is 19.6 Å². The minimum absolute atomic E-state index is 0.0125. The van der Waals surface area contributed by atoms with Crippen molar-refractivity contribution in [1.82, 2.24) is 4.90 Å². The molecule has 0 aliphatic carbocycles. The second kappa shape index (κ2) is 13.5. The van der Waals surface area contributed by atoms with Crippen LogP contribution in [0.15, 0.2) is 54.6 Å². The summed E-state index contributed by atoms with van der Waals surface area (Å²) in [5.41, 5.74) is 1.23. The van der Waals surface area contributed by atoms with Gasteiger partial charge in [-0.15, -0.1) is 0 Å². The number of Topliss-reactive ketones (excluding diaryl/α,β-unsaturated/α-hetero) is 1. The van der Waals surface area contributed by atoms with Gasteiger partial charge in [0.15, 0.2) is 0 Å². The van der Waals surface area contributed by atoms with E-state index in [1.165, 1.54) is 5.57 Å². The van der Waals surface area contributed by atoms with Gasteiger partial charge in [-0.25, -0.2) is 0 Å². The molecule has 27 heavy (non-hydrogen) atoms. The van der Waals surface area contributed by atoms with Gasteiger partial charge in [0.05, 0.1) is 0 Å². The first kappa shape index (κ1) is 23.4. The molecule has 0 fully saturated rings. The van der Waals surface area contributed by atoms with Crippen molar-refractivity contribution in [2.75, 3.05) is 13.1 Å². The standard InChI is InChI=1S/C23H33NO2Se/c1-5-8-9-11-14-19(4)17-18-21(25)22(23(26)24(6-2)7-3)27-20-15-12-10-13-16-20/h5,10,12-16,22H,1,6-9,11,17-18H2,2-4H3/b19-14+. The van der Waals surface area contributed by atoms with Crippen LogP contribution >= 0.6 is 0 Å². The summed E-state index contributed by atoms with van der Waals surface area (Å²) in [6, 6.07) is 9.93. The van der Waals surface area contributed by atoms with Gasteiger partial charge in [0.2, 0.25) is 0 Å². The molecule has 3 nitrogen and oxygen atoms in total. The van der Waals surface area contributed by atoms with E-state index >= 15 is 0 Å². The first-order valence-corrected chi connectivity index (χ1v) is 11.7. The van der Waals surface area contributed by atoms with Gasteiger partial charge in [-0.1, -0.05) is 0 Å². The Balaban J connectivity index is 2.77. The van der Waals surface area contributed by atoms with E-state index in [9.17, 15) is 9.59 Å². The summed E-state index contributed by atoms with van der Waals surface area (Å²) in [7, 11) is 0. The second-order valence-corrected chi connectivity index (χ2v) is 9.03. The van der Waals surface area contributed by atoms with Gasteiger partial charge < -0.3 is 0 Å². The molecule has 1 aromatic rings. The number of nitrogens with zero attached hydrogens (tertiary/aromatic N) is 1. The Morgan fingerprint density at radius 1 is 1.11 bits per heavy atom. The number of rotatable bonds is 13. The first-order valence-electron chi connectivity index (χ1n) is 9.83. The topological polar surface area (TPSA) is 37.4 Å². The van der Waals surface area contributed by atoms with E-state index in [1.54, 1.807) is 4.90 Å². The van der Waals surface area contributed by atoms with E-state index in [1.807, 2.05) is 50.3 Å². The van der Waals surface area contributed by atoms with Crippen molar-refractivity contribution in [1.29, 1.82) is 0 Å². The fraction of sp³-hybridized carbons (Fsp3) is 0.478. The maximum absolute atomic E-state index is 12.9. The van der Waals surface area contributed by atoms with Crippen molar-refractivity contribution >= 4 is 31.1 Å². The molecular weight excluding hydrogens is 401 g/mol. The number of ketones is 1. The molecule has 0 saturated heterocycles. The molecule has 1 unspecified atom stereocenters. The fourth-order valence-corrected chi connectivity index (χ4v) is 5.03. The predicted octanol–water partition coefficient (Wildman–Crippen LogP) is 4.32. The molecule has 0 radical (unpaired) electrons. The molecule has 1 atom stereocenters. The van der Waals surface area contributed by atoms with Gasteiger partial charge in [0, 0.05) is 0 Å². The molecule has 0 saturated carbocycles. The molecule has 4 heteroatoms. The van der Waals surface area contributed by atoms with Crippen LogP contribution in [-0.2, 0) is 9.59 Å². The molecule has 1 amide bonds. The second-order valence-electron chi connectivity index (χ2n) is 6.56. The van der Waals surface area contributed by atoms with Gasteiger partial charge in [0.25, 0.3) is 0 Å². The normalized spacial score (nSPS) is 12.5. The van der Waals surface area contributed by atoms with Crippen molar-refractivity contribution in [3.05, 3.63) is 54.6 Å². The maximum atomic E-state index is 12.9. The molecule has 148 valence electrons. The summed E-state index contributed by atoms with van der Waals surface area (Å²) < 4.78 is 1.10. The number of allylic oxidation sites excluding steroid dienone is 3. The Hall–Kier alpha value is -1.64. The summed E-state index contributed by atoms with van der Waals surface area (Å²) in [4.78, 5) is 27.1. The Morgan fingerprint density at radius 2 is 1.78 bits per heavy atom. The molecule has 0 aliphatic rings. The van der Waals surface area contributed by atoms with Crippen molar-refractivity contribution in [3.8, 4) is 0 Å². The summed E-state index contributed by atoms with van der Waals surface area (Å²) in [6.07, 6.45) is 8.44. The van der Waals surface area contributed by atoms with Crippen molar-refractivity contribution < 1.29 is 9.59 Å². The number of unbranched alkanes of at least 4 members (excludes halogenated alkanes) is 2. The van der Waals surface area contributed by atoms with E-state index in [4.69, 9.17) is 0 Å². The third-order valence-corrected chi connectivity index (χ3v) is 7.07. The van der Waals surface area contributed by atoms with Gasteiger partial charge in [0.1, 0.15) is 0 Å². The van der Waals surface area contributed by atoms with Crippen LogP contribution in [-0.4, -0.2) is 44.6 Å². The van der Waals surface area contributed by atoms with Gasteiger partial charge in [-0.3, -0.25) is 0 Å². The van der Waals surface area contributed by atoms with E-state index in [0.29, 0.717) is 19.5 Å². The molecular formula is C23H33NO2Se. The summed E-state index contributed by atoms with van der Waals surface area (Å²) >= 11 is -0.181. The van der Waals surface area contributed by atoms with Gasteiger partial charge >= 0.3 is 171 Å². The third-order valence-electron chi connectivity index (χ3n) is 4.46. The van der Waals surface area contributed by atoms with Crippen LogP contribution < -0.4 is 4.46 Å². The van der Waals surface area contributed by atoms with Crippen LogP contribution in [0.2, 0.25) is 4.82 Å². The van der Waals surface area contributed by atoms with Crippen LogP contribution in [0.4, 0.5) is 0 Å². The molecule has 0 aliphatic heterocycles. The Bertz CT molecular complexity index is 621. The third kappa shape index (κ3) is 8.73. The van der Waals surface area contributed by atoms with Crippen molar-refractivity contribution in [2.24, 2.45) is 0 Å². The number of hydrogen-bond donors (Lipinski definition) is 0.